The summed E-state index contributed by atoms with van der Waals surface area (Å²) in [5, 5.41) is 2.80. The van der Waals surface area contributed by atoms with Crippen molar-refractivity contribution < 1.29 is 22.7 Å². The summed E-state index contributed by atoms with van der Waals surface area (Å²) in [6.07, 6.45) is -2.26. The molecule has 3 atom stereocenters. The van der Waals surface area contributed by atoms with Gasteiger partial charge in [-0.05, 0) is 31.6 Å². The van der Waals surface area contributed by atoms with Crippen LogP contribution < -0.4 is 11.1 Å². The molecule has 1 aliphatic rings. The van der Waals surface area contributed by atoms with Gasteiger partial charge in [-0.15, -0.1) is 0 Å². The van der Waals surface area contributed by atoms with E-state index >= 15 is 0 Å². The molecule has 2 unspecified atom stereocenters. The van der Waals surface area contributed by atoms with Gasteiger partial charge in [0.15, 0.2) is 0 Å². The van der Waals surface area contributed by atoms with E-state index in [1.807, 2.05) is 13.8 Å². The van der Waals surface area contributed by atoms with E-state index in [0.29, 0.717) is 12.8 Å². The fraction of sp³-hybridized carbons (Fsp3) is 0.923. The number of hydrogen-bond acceptors (Lipinski definition) is 3. The summed E-state index contributed by atoms with van der Waals surface area (Å²) in [6, 6.07) is -0.745. The third-order valence-electron chi connectivity index (χ3n) is 3.48. The normalized spacial score (nSPS) is 25.6. The van der Waals surface area contributed by atoms with Gasteiger partial charge in [-0.2, -0.15) is 13.2 Å². The van der Waals surface area contributed by atoms with E-state index in [1.54, 1.807) is 0 Å². The van der Waals surface area contributed by atoms with Crippen molar-refractivity contribution in [2.24, 2.45) is 11.7 Å². The summed E-state index contributed by atoms with van der Waals surface area (Å²) >= 11 is 0. The lowest BCUT2D eigenvalue weighted by atomic mass is 9.92. The first-order valence-electron chi connectivity index (χ1n) is 6.93. The molecule has 0 aromatic heterocycles. The molecular formula is C13H23F3N2O2. The number of carbonyl (C=O) groups is 1. The molecule has 0 aromatic rings. The third-order valence-corrected chi connectivity index (χ3v) is 3.48. The number of rotatable bonds is 5. The number of nitrogens with one attached hydrogen (secondary N) is 1. The highest BCUT2D eigenvalue weighted by Crippen LogP contribution is 2.24. The molecule has 1 rings (SSSR count). The molecule has 20 heavy (non-hydrogen) atoms. The quantitative estimate of drug-likeness (QED) is 0.815. The van der Waals surface area contributed by atoms with Gasteiger partial charge < -0.3 is 15.8 Å². The standard InChI is InChI=1S/C13H23F3N2O2/c1-8(2)11(17)12(19)18-9-4-3-5-10(6-9)20-7-13(14,15)16/h8-11H,3-7,17H2,1-2H3,(H,18,19)/t9?,10?,11-/m1/s1. The first kappa shape index (κ1) is 17.2. The second-order valence-electron chi connectivity index (χ2n) is 5.69. The highest BCUT2D eigenvalue weighted by atomic mass is 19.4. The molecule has 0 radical (unpaired) electrons. The predicted molar refractivity (Wildman–Crippen MR) is 69.0 cm³/mol. The number of ether oxygens (including phenoxy) is 1. The Morgan fingerprint density at radius 2 is 2.05 bits per heavy atom. The summed E-state index contributed by atoms with van der Waals surface area (Å²) in [6.45, 7) is 2.46. The van der Waals surface area contributed by atoms with Crippen LogP contribution in [-0.4, -0.2) is 36.9 Å². The number of carbonyl (C=O) groups excluding carboxylic acids is 1. The summed E-state index contributed by atoms with van der Waals surface area (Å²) in [5.74, 6) is -0.225. The molecule has 1 aliphatic carbocycles. The minimum Gasteiger partial charge on any atom is -0.369 e. The van der Waals surface area contributed by atoms with E-state index in [0.717, 1.165) is 12.8 Å². The first-order valence-corrected chi connectivity index (χ1v) is 6.93. The van der Waals surface area contributed by atoms with Gasteiger partial charge in [-0.25, -0.2) is 0 Å². The van der Waals surface area contributed by atoms with Crippen molar-refractivity contribution in [2.45, 2.75) is 63.9 Å². The average molecular weight is 296 g/mol. The highest BCUT2D eigenvalue weighted by molar-refractivity contribution is 5.82. The largest absolute Gasteiger partial charge is 0.411 e. The molecule has 0 bridgehead atoms. The topological polar surface area (TPSA) is 64.4 Å². The zero-order valence-corrected chi connectivity index (χ0v) is 11.9. The van der Waals surface area contributed by atoms with Crippen molar-refractivity contribution in [3.05, 3.63) is 0 Å². The molecule has 0 spiro atoms. The average Bonchev–Trinajstić information content (AvgIpc) is 2.35. The van der Waals surface area contributed by atoms with Crippen molar-refractivity contribution >= 4 is 5.91 Å². The SMILES string of the molecule is CC(C)[C@@H](N)C(=O)NC1CCCC(OCC(F)(F)F)C1. The maximum Gasteiger partial charge on any atom is 0.411 e. The molecule has 1 amide bonds. The number of amides is 1. The maximum atomic E-state index is 12.1. The second kappa shape index (κ2) is 7.26. The zero-order valence-electron chi connectivity index (χ0n) is 11.9. The van der Waals surface area contributed by atoms with Gasteiger partial charge >= 0.3 is 6.18 Å². The van der Waals surface area contributed by atoms with Gasteiger partial charge in [-0.1, -0.05) is 13.8 Å². The van der Waals surface area contributed by atoms with Gasteiger partial charge in [-0.3, -0.25) is 4.79 Å². The van der Waals surface area contributed by atoms with Gasteiger partial charge in [0.1, 0.15) is 6.61 Å². The first-order chi connectivity index (χ1) is 9.19. The van der Waals surface area contributed by atoms with Crippen LogP contribution in [0.1, 0.15) is 39.5 Å². The van der Waals surface area contributed by atoms with E-state index in [1.165, 1.54) is 0 Å². The molecule has 3 N–H and O–H groups in total. The summed E-state index contributed by atoms with van der Waals surface area (Å²) < 4.78 is 41.2. The van der Waals surface area contributed by atoms with Crippen LogP contribution in [0.2, 0.25) is 0 Å². The van der Waals surface area contributed by atoms with Crippen molar-refractivity contribution in [3.63, 3.8) is 0 Å². The molecule has 1 saturated carbocycles. The third kappa shape index (κ3) is 6.09. The summed E-state index contributed by atoms with van der Waals surface area (Å²) in [7, 11) is 0. The smallest absolute Gasteiger partial charge is 0.369 e. The molecule has 118 valence electrons. The Labute approximate surface area is 117 Å². The number of alkyl halides is 3. The number of nitrogens with two attached hydrogens (primary N) is 1. The second-order valence-corrected chi connectivity index (χ2v) is 5.69. The molecule has 0 saturated heterocycles. The monoisotopic (exact) mass is 296 g/mol. The van der Waals surface area contributed by atoms with Gasteiger partial charge in [0.05, 0.1) is 12.1 Å². The summed E-state index contributed by atoms with van der Waals surface area (Å²) in [4.78, 5) is 11.8. The van der Waals surface area contributed by atoms with E-state index in [2.05, 4.69) is 5.32 Å². The van der Waals surface area contributed by atoms with E-state index in [9.17, 15) is 18.0 Å². The van der Waals surface area contributed by atoms with Crippen LogP contribution in [0.3, 0.4) is 0 Å². The molecule has 0 aromatic carbocycles. The van der Waals surface area contributed by atoms with Crippen LogP contribution in [0, 0.1) is 5.92 Å². The lowest BCUT2D eigenvalue weighted by Gasteiger charge is -2.31. The minimum absolute atomic E-state index is 0.0240. The Morgan fingerprint density at radius 3 is 2.60 bits per heavy atom. The Bertz CT molecular complexity index is 321. The molecule has 7 heteroatoms. The molecule has 1 fully saturated rings. The van der Waals surface area contributed by atoms with Crippen molar-refractivity contribution in [2.75, 3.05) is 6.61 Å². The van der Waals surface area contributed by atoms with Crippen molar-refractivity contribution in [1.82, 2.24) is 5.32 Å². The van der Waals surface area contributed by atoms with Crippen molar-refractivity contribution in [3.8, 4) is 0 Å². The number of halogens is 3. The van der Waals surface area contributed by atoms with Crippen LogP contribution in [0.15, 0.2) is 0 Å². The number of hydrogen-bond donors (Lipinski definition) is 2. The van der Waals surface area contributed by atoms with Crippen LogP contribution in [0.4, 0.5) is 13.2 Å². The van der Waals surface area contributed by atoms with Crippen molar-refractivity contribution in [1.29, 1.82) is 0 Å². The Balaban J connectivity index is 2.39. The van der Waals surface area contributed by atoms with E-state index in [4.69, 9.17) is 10.5 Å². The van der Waals surface area contributed by atoms with E-state index in [-0.39, 0.29) is 17.9 Å². The fourth-order valence-corrected chi connectivity index (χ4v) is 2.24. The molecule has 0 heterocycles. The maximum absolute atomic E-state index is 12.1. The minimum atomic E-state index is -4.31. The Kier molecular flexibility index (Phi) is 6.26. The van der Waals surface area contributed by atoms with Crippen LogP contribution >= 0.6 is 0 Å². The Hall–Kier alpha value is -0.820. The Morgan fingerprint density at radius 1 is 1.40 bits per heavy atom. The van der Waals surface area contributed by atoms with E-state index < -0.39 is 24.9 Å². The highest BCUT2D eigenvalue weighted by Gasteiger charge is 2.32. The predicted octanol–water partition coefficient (Wildman–Crippen LogP) is 1.98. The molecular weight excluding hydrogens is 273 g/mol. The molecule has 0 aliphatic heterocycles. The lowest BCUT2D eigenvalue weighted by Crippen LogP contribution is -2.49. The van der Waals surface area contributed by atoms with Gasteiger partial charge in [0, 0.05) is 6.04 Å². The van der Waals surface area contributed by atoms with Crippen LogP contribution in [0.25, 0.3) is 0 Å². The summed E-state index contributed by atoms with van der Waals surface area (Å²) in [5.41, 5.74) is 5.74. The van der Waals surface area contributed by atoms with Crippen LogP contribution in [-0.2, 0) is 9.53 Å². The van der Waals surface area contributed by atoms with Crippen LogP contribution in [0.5, 0.6) is 0 Å². The lowest BCUT2D eigenvalue weighted by molar-refractivity contribution is -0.188. The van der Waals surface area contributed by atoms with Gasteiger partial charge in [0.25, 0.3) is 0 Å². The molecule has 4 nitrogen and oxygen atoms in total. The zero-order chi connectivity index (χ0) is 15.3. The van der Waals surface area contributed by atoms with Gasteiger partial charge in [0.2, 0.25) is 5.91 Å². The fourth-order valence-electron chi connectivity index (χ4n) is 2.24.